The number of amides is 1. The maximum Gasteiger partial charge on any atom is 0.258 e. The number of carbonyl (C=O) groups is 1. The van der Waals surface area contributed by atoms with E-state index in [-0.39, 0.29) is 18.6 Å². The lowest BCUT2D eigenvalue weighted by Gasteiger charge is -2.09. The largest absolute Gasteiger partial charge is 0.484 e. The van der Waals surface area contributed by atoms with Crippen LogP contribution in [0.3, 0.4) is 0 Å². The van der Waals surface area contributed by atoms with Gasteiger partial charge in [-0.3, -0.25) is 9.89 Å². The second-order valence-electron chi connectivity index (χ2n) is 7.30. The molecule has 0 saturated carbocycles. The molecule has 0 atom stereocenters. The quantitative estimate of drug-likeness (QED) is 0.405. The van der Waals surface area contributed by atoms with E-state index >= 15 is 0 Å². The van der Waals surface area contributed by atoms with Gasteiger partial charge in [0.05, 0.1) is 22.4 Å². The SMILES string of the molecule is CC(C)NC(=O)COc1ccc(-c2nc(Nc3ccc4[nH]ncc4c3Cl)n(C)n2)cc1. The van der Waals surface area contributed by atoms with E-state index in [0.29, 0.717) is 28.2 Å². The first-order valence-corrected chi connectivity index (χ1v) is 10.1. The van der Waals surface area contributed by atoms with Crippen molar-refractivity contribution in [2.24, 2.45) is 7.05 Å². The van der Waals surface area contributed by atoms with Gasteiger partial charge in [-0.15, -0.1) is 5.10 Å². The second kappa shape index (κ2) is 8.65. The Hall–Kier alpha value is -3.59. The number of aryl methyl sites for hydroxylation is 1. The third kappa shape index (κ3) is 4.61. The highest BCUT2D eigenvalue weighted by molar-refractivity contribution is 6.38. The fraction of sp³-hybridized carbons (Fsp3) is 0.238. The summed E-state index contributed by atoms with van der Waals surface area (Å²) in [5, 5.41) is 18.8. The molecule has 1 amide bonds. The number of nitrogens with zero attached hydrogens (tertiary/aromatic N) is 4. The zero-order chi connectivity index (χ0) is 22.0. The maximum absolute atomic E-state index is 11.7. The van der Waals surface area contributed by atoms with Crippen molar-refractivity contribution in [3.8, 4) is 17.1 Å². The van der Waals surface area contributed by atoms with Crippen LogP contribution in [0.2, 0.25) is 5.02 Å². The van der Waals surface area contributed by atoms with E-state index in [1.54, 1.807) is 30.1 Å². The first-order valence-electron chi connectivity index (χ1n) is 9.73. The Morgan fingerprint density at radius 3 is 2.74 bits per heavy atom. The van der Waals surface area contributed by atoms with Crippen LogP contribution in [0.5, 0.6) is 5.75 Å². The summed E-state index contributed by atoms with van der Waals surface area (Å²) in [7, 11) is 1.80. The predicted octanol–water partition coefficient (Wildman–Crippen LogP) is 3.66. The molecule has 0 aliphatic heterocycles. The molecular weight excluding hydrogens is 418 g/mol. The number of carbonyl (C=O) groups excluding carboxylic acids is 1. The monoisotopic (exact) mass is 439 g/mol. The second-order valence-corrected chi connectivity index (χ2v) is 7.68. The number of fused-ring (bicyclic) bond motifs is 1. The van der Waals surface area contributed by atoms with E-state index in [0.717, 1.165) is 16.5 Å². The summed E-state index contributed by atoms with van der Waals surface area (Å²) in [6.45, 7) is 3.77. The Labute approximate surface area is 183 Å². The fourth-order valence-electron chi connectivity index (χ4n) is 3.03. The van der Waals surface area contributed by atoms with Gasteiger partial charge in [0, 0.05) is 24.0 Å². The molecule has 4 rings (SSSR count). The van der Waals surface area contributed by atoms with Gasteiger partial charge in [-0.05, 0) is 50.2 Å². The highest BCUT2D eigenvalue weighted by Crippen LogP contribution is 2.32. The Bertz CT molecular complexity index is 1210. The zero-order valence-electron chi connectivity index (χ0n) is 17.3. The lowest BCUT2D eigenvalue weighted by Crippen LogP contribution is -2.34. The van der Waals surface area contributed by atoms with Gasteiger partial charge in [-0.2, -0.15) is 10.1 Å². The summed E-state index contributed by atoms with van der Waals surface area (Å²) in [6.07, 6.45) is 1.68. The number of nitrogens with one attached hydrogen (secondary N) is 3. The van der Waals surface area contributed by atoms with Gasteiger partial charge in [0.2, 0.25) is 5.95 Å². The van der Waals surface area contributed by atoms with E-state index in [1.165, 1.54) is 0 Å². The minimum atomic E-state index is -0.159. The number of hydrogen-bond donors (Lipinski definition) is 3. The first-order chi connectivity index (χ1) is 14.9. The summed E-state index contributed by atoms with van der Waals surface area (Å²) in [4.78, 5) is 16.3. The Balaban J connectivity index is 1.47. The molecule has 0 radical (unpaired) electrons. The molecule has 4 aromatic rings. The van der Waals surface area contributed by atoms with E-state index in [2.05, 4.69) is 30.9 Å². The van der Waals surface area contributed by atoms with Crippen LogP contribution in [0.15, 0.2) is 42.6 Å². The Morgan fingerprint density at radius 1 is 1.23 bits per heavy atom. The number of anilines is 2. The lowest BCUT2D eigenvalue weighted by molar-refractivity contribution is -0.123. The molecule has 0 aliphatic carbocycles. The van der Waals surface area contributed by atoms with E-state index in [9.17, 15) is 4.79 Å². The number of aromatic amines is 1. The zero-order valence-corrected chi connectivity index (χ0v) is 18.1. The van der Waals surface area contributed by atoms with Crippen molar-refractivity contribution in [3.05, 3.63) is 47.6 Å². The van der Waals surface area contributed by atoms with Crippen LogP contribution in [0.25, 0.3) is 22.3 Å². The number of aromatic nitrogens is 5. The number of halogens is 1. The average molecular weight is 440 g/mol. The molecule has 0 fully saturated rings. The Kier molecular flexibility index (Phi) is 5.77. The highest BCUT2D eigenvalue weighted by Gasteiger charge is 2.13. The van der Waals surface area contributed by atoms with Gasteiger partial charge in [0.15, 0.2) is 12.4 Å². The van der Waals surface area contributed by atoms with Crippen molar-refractivity contribution in [1.82, 2.24) is 30.3 Å². The highest BCUT2D eigenvalue weighted by atomic mass is 35.5. The van der Waals surface area contributed by atoms with Crippen molar-refractivity contribution in [3.63, 3.8) is 0 Å². The summed E-state index contributed by atoms with van der Waals surface area (Å²) in [5.41, 5.74) is 2.39. The standard InChI is InChI=1S/C21H22ClN7O2/c1-12(2)24-18(30)11-31-14-6-4-13(5-7-14)20-26-21(29(3)28-20)25-17-9-8-16-15(19(17)22)10-23-27-16/h4-10,12H,11H2,1-3H3,(H,23,27)(H,24,30)(H,25,26,28). The van der Waals surface area contributed by atoms with Crippen LogP contribution in [0.1, 0.15) is 13.8 Å². The van der Waals surface area contributed by atoms with Gasteiger partial charge in [0.25, 0.3) is 5.91 Å². The number of rotatable bonds is 7. The minimum absolute atomic E-state index is 0.0325. The maximum atomic E-state index is 11.7. The number of ether oxygens (including phenoxy) is 1. The van der Waals surface area contributed by atoms with Crippen LogP contribution in [-0.2, 0) is 11.8 Å². The van der Waals surface area contributed by atoms with Gasteiger partial charge < -0.3 is 15.4 Å². The molecule has 2 aromatic carbocycles. The van der Waals surface area contributed by atoms with Crippen LogP contribution in [0.4, 0.5) is 11.6 Å². The van der Waals surface area contributed by atoms with Crippen LogP contribution >= 0.6 is 11.6 Å². The van der Waals surface area contributed by atoms with Crippen molar-refractivity contribution in [1.29, 1.82) is 0 Å². The minimum Gasteiger partial charge on any atom is -0.484 e. The van der Waals surface area contributed by atoms with Crippen molar-refractivity contribution >= 4 is 40.0 Å². The van der Waals surface area contributed by atoms with E-state index < -0.39 is 0 Å². The summed E-state index contributed by atoms with van der Waals surface area (Å²) in [6, 6.07) is 11.1. The molecule has 0 bridgehead atoms. The number of benzene rings is 2. The van der Waals surface area contributed by atoms with Crippen LogP contribution < -0.4 is 15.4 Å². The van der Waals surface area contributed by atoms with Crippen molar-refractivity contribution in [2.45, 2.75) is 19.9 Å². The van der Waals surface area contributed by atoms with E-state index in [1.807, 2.05) is 38.1 Å². The predicted molar refractivity (Wildman–Crippen MR) is 120 cm³/mol. The van der Waals surface area contributed by atoms with Gasteiger partial charge in [0.1, 0.15) is 5.75 Å². The lowest BCUT2D eigenvalue weighted by atomic mass is 10.2. The molecule has 0 aliphatic rings. The molecule has 0 unspecified atom stereocenters. The molecule has 31 heavy (non-hydrogen) atoms. The van der Waals surface area contributed by atoms with Crippen LogP contribution in [-0.4, -0.2) is 43.5 Å². The summed E-state index contributed by atoms with van der Waals surface area (Å²) in [5.74, 6) is 1.53. The molecular formula is C21H22ClN7O2. The normalized spacial score (nSPS) is 11.1. The third-order valence-electron chi connectivity index (χ3n) is 4.50. The molecule has 2 aromatic heterocycles. The smallest absolute Gasteiger partial charge is 0.258 e. The van der Waals surface area contributed by atoms with E-state index in [4.69, 9.17) is 16.3 Å². The first kappa shape index (κ1) is 20.7. The topological polar surface area (TPSA) is 110 Å². The third-order valence-corrected chi connectivity index (χ3v) is 4.91. The summed E-state index contributed by atoms with van der Waals surface area (Å²) < 4.78 is 7.16. The molecule has 9 nitrogen and oxygen atoms in total. The summed E-state index contributed by atoms with van der Waals surface area (Å²) >= 11 is 6.48. The molecule has 0 saturated heterocycles. The van der Waals surface area contributed by atoms with Crippen LogP contribution in [0, 0.1) is 0 Å². The fourth-order valence-corrected chi connectivity index (χ4v) is 3.29. The van der Waals surface area contributed by atoms with Gasteiger partial charge in [-0.1, -0.05) is 11.6 Å². The number of hydrogen-bond acceptors (Lipinski definition) is 6. The molecule has 0 spiro atoms. The molecule has 160 valence electrons. The van der Waals surface area contributed by atoms with Crippen molar-refractivity contribution < 1.29 is 9.53 Å². The Morgan fingerprint density at radius 2 is 2.00 bits per heavy atom. The number of H-pyrrole nitrogens is 1. The van der Waals surface area contributed by atoms with Gasteiger partial charge >= 0.3 is 0 Å². The molecule has 10 heteroatoms. The molecule has 3 N–H and O–H groups in total. The van der Waals surface area contributed by atoms with Gasteiger partial charge in [-0.25, -0.2) is 4.68 Å². The average Bonchev–Trinajstić information content (AvgIpc) is 3.36. The van der Waals surface area contributed by atoms with Crippen molar-refractivity contribution in [2.75, 3.05) is 11.9 Å². The molecule has 2 heterocycles.